The third-order valence-electron chi connectivity index (χ3n) is 2.94. The fourth-order valence-corrected chi connectivity index (χ4v) is 1.58. The minimum absolute atomic E-state index is 0.0862. The zero-order chi connectivity index (χ0) is 14.8. The summed E-state index contributed by atoms with van der Waals surface area (Å²) in [5.41, 5.74) is 1.10. The van der Waals surface area contributed by atoms with Gasteiger partial charge in [0.15, 0.2) is 0 Å². The highest BCUT2D eigenvalue weighted by molar-refractivity contribution is 5.72. The molecule has 0 radical (unpaired) electrons. The van der Waals surface area contributed by atoms with E-state index in [0.717, 1.165) is 12.0 Å². The van der Waals surface area contributed by atoms with E-state index in [1.54, 1.807) is 0 Å². The van der Waals surface area contributed by atoms with Crippen LogP contribution in [0.3, 0.4) is 0 Å². The third kappa shape index (κ3) is 6.92. The van der Waals surface area contributed by atoms with Crippen molar-refractivity contribution in [1.29, 1.82) is 0 Å². The van der Waals surface area contributed by atoms with Crippen LogP contribution in [0.4, 0.5) is 0 Å². The molecule has 4 heteroatoms. The largest absolute Gasteiger partial charge is 0.465 e. The van der Waals surface area contributed by atoms with Crippen molar-refractivity contribution < 1.29 is 19.1 Å². The zero-order valence-corrected chi connectivity index (χ0v) is 12.1. The maximum absolute atomic E-state index is 11.5. The van der Waals surface area contributed by atoms with Gasteiger partial charge in [-0.1, -0.05) is 37.3 Å². The predicted octanol–water partition coefficient (Wildman–Crippen LogP) is 2.89. The Bertz CT molecular complexity index is 414. The molecule has 0 aromatic heterocycles. The first kappa shape index (κ1) is 16.2. The summed E-state index contributed by atoms with van der Waals surface area (Å²) in [6, 6.07) is 9.75. The molecular weight excluding hydrogens is 256 g/mol. The number of rotatable bonds is 8. The van der Waals surface area contributed by atoms with E-state index in [2.05, 4.69) is 0 Å². The quantitative estimate of drug-likeness (QED) is 0.686. The van der Waals surface area contributed by atoms with Crippen molar-refractivity contribution in [3.05, 3.63) is 35.9 Å². The van der Waals surface area contributed by atoms with Gasteiger partial charge < -0.3 is 9.47 Å². The highest BCUT2D eigenvalue weighted by Gasteiger charge is 2.09. The van der Waals surface area contributed by atoms with Crippen LogP contribution in [-0.4, -0.2) is 24.6 Å². The molecule has 1 aromatic rings. The van der Waals surface area contributed by atoms with E-state index in [0.29, 0.717) is 12.8 Å². The summed E-state index contributed by atoms with van der Waals surface area (Å²) in [7, 11) is 0. The van der Waals surface area contributed by atoms with Crippen LogP contribution in [-0.2, 0) is 25.5 Å². The lowest BCUT2D eigenvalue weighted by Gasteiger charge is -2.10. The molecule has 110 valence electrons. The fourth-order valence-electron chi connectivity index (χ4n) is 1.58. The molecular formula is C16H22O4. The van der Waals surface area contributed by atoms with Gasteiger partial charge in [0, 0.05) is 6.42 Å². The van der Waals surface area contributed by atoms with Gasteiger partial charge in [0.2, 0.25) is 0 Å². The molecule has 1 aromatic carbocycles. The van der Waals surface area contributed by atoms with Crippen molar-refractivity contribution in [2.75, 3.05) is 6.61 Å². The maximum atomic E-state index is 11.5. The molecule has 0 aliphatic heterocycles. The number of aryl methyl sites for hydroxylation is 1. The van der Waals surface area contributed by atoms with Crippen LogP contribution in [0.2, 0.25) is 0 Å². The number of carbonyl (C=O) groups is 2. The average molecular weight is 278 g/mol. The Morgan fingerprint density at radius 3 is 2.45 bits per heavy atom. The first-order valence-electron chi connectivity index (χ1n) is 7.00. The molecule has 0 bridgehead atoms. The summed E-state index contributed by atoms with van der Waals surface area (Å²) in [4.78, 5) is 22.9. The second kappa shape index (κ2) is 9.13. The maximum Gasteiger partial charge on any atom is 0.309 e. The molecule has 0 spiro atoms. The lowest BCUT2D eigenvalue weighted by atomic mass is 10.1. The molecule has 0 aliphatic carbocycles. The smallest absolute Gasteiger partial charge is 0.309 e. The number of hydrogen-bond acceptors (Lipinski definition) is 4. The molecule has 20 heavy (non-hydrogen) atoms. The van der Waals surface area contributed by atoms with E-state index in [4.69, 9.17) is 9.47 Å². The van der Waals surface area contributed by atoms with E-state index in [1.165, 1.54) is 0 Å². The van der Waals surface area contributed by atoms with Crippen LogP contribution in [0.25, 0.3) is 0 Å². The van der Waals surface area contributed by atoms with Gasteiger partial charge in [0.05, 0.1) is 12.5 Å². The summed E-state index contributed by atoms with van der Waals surface area (Å²) in [5, 5.41) is 0. The van der Waals surface area contributed by atoms with E-state index < -0.39 is 0 Å². The van der Waals surface area contributed by atoms with Crippen LogP contribution in [0, 0.1) is 0 Å². The van der Waals surface area contributed by atoms with Gasteiger partial charge in [-0.3, -0.25) is 9.59 Å². The van der Waals surface area contributed by atoms with Gasteiger partial charge in [-0.05, 0) is 25.3 Å². The van der Waals surface area contributed by atoms with Crippen molar-refractivity contribution in [3.8, 4) is 0 Å². The van der Waals surface area contributed by atoms with E-state index in [1.807, 2.05) is 44.2 Å². The van der Waals surface area contributed by atoms with Gasteiger partial charge in [-0.15, -0.1) is 0 Å². The van der Waals surface area contributed by atoms with Crippen molar-refractivity contribution in [3.63, 3.8) is 0 Å². The highest BCUT2D eigenvalue weighted by atomic mass is 16.6. The van der Waals surface area contributed by atoms with E-state index >= 15 is 0 Å². The minimum atomic E-state index is -0.324. The summed E-state index contributed by atoms with van der Waals surface area (Å²) in [5.74, 6) is -0.611. The van der Waals surface area contributed by atoms with Gasteiger partial charge in [0.25, 0.3) is 0 Å². The standard InChI is InChI=1S/C16H22O4/c1-3-13(2)20-16(18)11-12-19-15(17)10-9-14-7-5-4-6-8-14/h4-8,13H,3,9-12H2,1-2H3/t13-/m0/s1. The zero-order valence-electron chi connectivity index (χ0n) is 12.1. The molecule has 1 atom stereocenters. The fraction of sp³-hybridized carbons (Fsp3) is 0.500. The minimum Gasteiger partial charge on any atom is -0.465 e. The second-order valence-corrected chi connectivity index (χ2v) is 4.66. The van der Waals surface area contributed by atoms with E-state index in [-0.39, 0.29) is 31.1 Å². The normalized spacial score (nSPS) is 11.7. The lowest BCUT2D eigenvalue weighted by Crippen LogP contribution is -2.16. The third-order valence-corrected chi connectivity index (χ3v) is 2.94. The molecule has 0 fully saturated rings. The van der Waals surface area contributed by atoms with Crippen molar-refractivity contribution in [2.45, 2.75) is 45.6 Å². The molecule has 4 nitrogen and oxygen atoms in total. The Balaban J connectivity index is 2.13. The molecule has 0 amide bonds. The van der Waals surface area contributed by atoms with E-state index in [9.17, 15) is 9.59 Å². The van der Waals surface area contributed by atoms with Crippen LogP contribution < -0.4 is 0 Å². The summed E-state index contributed by atoms with van der Waals surface area (Å²) >= 11 is 0. The van der Waals surface area contributed by atoms with Crippen LogP contribution in [0.15, 0.2) is 30.3 Å². The Morgan fingerprint density at radius 2 is 1.80 bits per heavy atom. The Labute approximate surface area is 120 Å². The molecule has 0 saturated carbocycles. The average Bonchev–Trinajstić information content (AvgIpc) is 2.46. The van der Waals surface area contributed by atoms with Crippen LogP contribution in [0.5, 0.6) is 0 Å². The van der Waals surface area contributed by atoms with Crippen molar-refractivity contribution in [2.24, 2.45) is 0 Å². The summed E-state index contributed by atoms with van der Waals surface area (Å²) in [6.07, 6.45) is 1.78. The van der Waals surface area contributed by atoms with Gasteiger partial charge in [0.1, 0.15) is 6.61 Å². The Morgan fingerprint density at radius 1 is 1.10 bits per heavy atom. The summed E-state index contributed by atoms with van der Waals surface area (Å²) in [6.45, 7) is 3.87. The molecule has 0 heterocycles. The molecule has 0 N–H and O–H groups in total. The topological polar surface area (TPSA) is 52.6 Å². The van der Waals surface area contributed by atoms with Crippen LogP contribution >= 0.6 is 0 Å². The lowest BCUT2D eigenvalue weighted by molar-refractivity contribution is -0.152. The Hall–Kier alpha value is -1.84. The van der Waals surface area contributed by atoms with Gasteiger partial charge >= 0.3 is 11.9 Å². The first-order chi connectivity index (χ1) is 9.61. The number of hydrogen-bond donors (Lipinski definition) is 0. The van der Waals surface area contributed by atoms with Gasteiger partial charge in [-0.2, -0.15) is 0 Å². The highest BCUT2D eigenvalue weighted by Crippen LogP contribution is 2.04. The first-order valence-corrected chi connectivity index (χ1v) is 7.00. The number of esters is 2. The van der Waals surface area contributed by atoms with Crippen molar-refractivity contribution in [1.82, 2.24) is 0 Å². The monoisotopic (exact) mass is 278 g/mol. The molecule has 1 rings (SSSR count). The molecule has 0 saturated heterocycles. The summed E-state index contributed by atoms with van der Waals surface area (Å²) < 4.78 is 10.1. The number of ether oxygens (including phenoxy) is 2. The van der Waals surface area contributed by atoms with Crippen LogP contribution in [0.1, 0.15) is 38.7 Å². The SMILES string of the molecule is CC[C@H](C)OC(=O)CCOC(=O)CCc1ccccc1. The van der Waals surface area contributed by atoms with Gasteiger partial charge in [-0.25, -0.2) is 0 Å². The second-order valence-electron chi connectivity index (χ2n) is 4.66. The molecule has 0 aliphatic rings. The number of benzene rings is 1. The number of carbonyl (C=O) groups excluding carboxylic acids is 2. The van der Waals surface area contributed by atoms with Crippen molar-refractivity contribution >= 4 is 11.9 Å². The Kier molecular flexibility index (Phi) is 7.40. The predicted molar refractivity (Wildman–Crippen MR) is 76.2 cm³/mol. The molecule has 0 unspecified atom stereocenters.